The summed E-state index contributed by atoms with van der Waals surface area (Å²) < 4.78 is 18.4. The van der Waals surface area contributed by atoms with Gasteiger partial charge in [0.2, 0.25) is 0 Å². The Labute approximate surface area is 114 Å². The Morgan fingerprint density at radius 3 is 2.79 bits per heavy atom. The number of benzene rings is 1. The van der Waals surface area contributed by atoms with Crippen LogP contribution in [-0.4, -0.2) is 7.11 Å². The van der Waals surface area contributed by atoms with Gasteiger partial charge in [-0.1, -0.05) is 31.7 Å². The SMILES string of the molecule is COc1cc(C(CCC2CCCC2)NN)ccc1F. The van der Waals surface area contributed by atoms with Gasteiger partial charge in [-0.3, -0.25) is 11.3 Å². The van der Waals surface area contributed by atoms with Gasteiger partial charge in [-0.05, 0) is 36.5 Å². The van der Waals surface area contributed by atoms with Gasteiger partial charge >= 0.3 is 0 Å². The average Bonchev–Trinajstić information content (AvgIpc) is 2.94. The molecule has 1 aliphatic rings. The van der Waals surface area contributed by atoms with Crippen molar-refractivity contribution in [2.75, 3.05) is 7.11 Å². The predicted molar refractivity (Wildman–Crippen MR) is 74.2 cm³/mol. The van der Waals surface area contributed by atoms with Crippen LogP contribution in [0.5, 0.6) is 5.75 Å². The van der Waals surface area contributed by atoms with Gasteiger partial charge < -0.3 is 4.74 Å². The Morgan fingerprint density at radius 1 is 1.42 bits per heavy atom. The molecule has 1 saturated carbocycles. The molecule has 2 rings (SSSR count). The van der Waals surface area contributed by atoms with Gasteiger partial charge in [0.25, 0.3) is 0 Å². The highest BCUT2D eigenvalue weighted by Gasteiger charge is 2.18. The molecular formula is C15H23FN2O. The molecule has 0 aromatic heterocycles. The Hall–Kier alpha value is -1.13. The lowest BCUT2D eigenvalue weighted by Crippen LogP contribution is -2.28. The van der Waals surface area contributed by atoms with Crippen LogP contribution < -0.4 is 16.0 Å². The van der Waals surface area contributed by atoms with Crippen LogP contribution in [-0.2, 0) is 0 Å². The maximum absolute atomic E-state index is 13.4. The van der Waals surface area contributed by atoms with Crippen molar-refractivity contribution in [3.63, 3.8) is 0 Å². The van der Waals surface area contributed by atoms with Crippen molar-refractivity contribution in [1.29, 1.82) is 0 Å². The van der Waals surface area contributed by atoms with Crippen LogP contribution in [0, 0.1) is 11.7 Å². The number of ether oxygens (including phenoxy) is 1. The molecule has 1 unspecified atom stereocenters. The molecule has 0 saturated heterocycles. The zero-order valence-electron chi connectivity index (χ0n) is 11.5. The average molecular weight is 266 g/mol. The van der Waals surface area contributed by atoms with E-state index in [2.05, 4.69) is 5.43 Å². The molecule has 1 aromatic rings. The van der Waals surface area contributed by atoms with Crippen molar-refractivity contribution >= 4 is 0 Å². The number of hydrogen-bond donors (Lipinski definition) is 2. The second-order valence-corrected chi connectivity index (χ2v) is 5.34. The molecule has 0 spiro atoms. The lowest BCUT2D eigenvalue weighted by atomic mass is 9.95. The fourth-order valence-electron chi connectivity index (χ4n) is 2.94. The zero-order chi connectivity index (χ0) is 13.7. The van der Waals surface area contributed by atoms with Crippen LogP contribution >= 0.6 is 0 Å². The number of halogens is 1. The maximum atomic E-state index is 13.4. The largest absolute Gasteiger partial charge is 0.494 e. The van der Waals surface area contributed by atoms with Gasteiger partial charge in [0, 0.05) is 6.04 Å². The molecular weight excluding hydrogens is 243 g/mol. The molecule has 4 heteroatoms. The summed E-state index contributed by atoms with van der Waals surface area (Å²) in [5.74, 6) is 6.41. The molecule has 19 heavy (non-hydrogen) atoms. The third-order valence-corrected chi connectivity index (χ3v) is 4.12. The molecule has 0 aliphatic heterocycles. The van der Waals surface area contributed by atoms with Crippen LogP contribution in [0.25, 0.3) is 0 Å². The molecule has 0 heterocycles. The Morgan fingerprint density at radius 2 is 2.16 bits per heavy atom. The van der Waals surface area contributed by atoms with Gasteiger partial charge in [0.15, 0.2) is 11.6 Å². The molecule has 0 amide bonds. The number of hydrazine groups is 1. The predicted octanol–water partition coefficient (Wildman–Crippen LogP) is 3.31. The van der Waals surface area contributed by atoms with Crippen molar-refractivity contribution in [1.82, 2.24) is 5.43 Å². The van der Waals surface area contributed by atoms with Gasteiger partial charge in [-0.2, -0.15) is 0 Å². The molecule has 1 fully saturated rings. The summed E-state index contributed by atoms with van der Waals surface area (Å²) in [6.07, 6.45) is 7.55. The zero-order valence-corrected chi connectivity index (χ0v) is 11.5. The van der Waals surface area contributed by atoms with E-state index in [9.17, 15) is 4.39 Å². The molecule has 3 nitrogen and oxygen atoms in total. The topological polar surface area (TPSA) is 47.3 Å². The first-order valence-corrected chi connectivity index (χ1v) is 7.04. The standard InChI is InChI=1S/C15H23FN2O/c1-19-15-10-12(7-8-13(15)16)14(18-17)9-6-11-4-2-3-5-11/h7-8,10-11,14,18H,2-6,9,17H2,1H3. The highest BCUT2D eigenvalue weighted by molar-refractivity contribution is 5.32. The quantitative estimate of drug-likeness (QED) is 0.613. The monoisotopic (exact) mass is 266 g/mol. The summed E-state index contributed by atoms with van der Waals surface area (Å²) in [6, 6.07) is 5.01. The van der Waals surface area contributed by atoms with Gasteiger partial charge in [-0.25, -0.2) is 4.39 Å². The third kappa shape index (κ3) is 3.67. The van der Waals surface area contributed by atoms with Crippen LogP contribution in [0.4, 0.5) is 4.39 Å². The normalized spacial score (nSPS) is 17.6. The first-order valence-electron chi connectivity index (χ1n) is 7.04. The van der Waals surface area contributed by atoms with E-state index in [1.165, 1.54) is 45.3 Å². The van der Waals surface area contributed by atoms with E-state index < -0.39 is 0 Å². The smallest absolute Gasteiger partial charge is 0.165 e. The highest BCUT2D eigenvalue weighted by Crippen LogP contribution is 2.32. The summed E-state index contributed by atoms with van der Waals surface area (Å²) in [6.45, 7) is 0. The fourth-order valence-corrected chi connectivity index (χ4v) is 2.94. The Balaban J connectivity index is 1.99. The minimum absolute atomic E-state index is 0.0649. The van der Waals surface area contributed by atoms with Crippen molar-refractivity contribution in [3.8, 4) is 5.75 Å². The van der Waals surface area contributed by atoms with E-state index in [1.54, 1.807) is 12.1 Å². The van der Waals surface area contributed by atoms with Crippen LogP contribution in [0.3, 0.4) is 0 Å². The van der Waals surface area contributed by atoms with E-state index in [-0.39, 0.29) is 17.6 Å². The lowest BCUT2D eigenvalue weighted by molar-refractivity contribution is 0.381. The lowest BCUT2D eigenvalue weighted by Gasteiger charge is -2.19. The molecule has 3 N–H and O–H groups in total. The van der Waals surface area contributed by atoms with Crippen LogP contribution in [0.15, 0.2) is 18.2 Å². The highest BCUT2D eigenvalue weighted by atomic mass is 19.1. The van der Waals surface area contributed by atoms with Gasteiger partial charge in [-0.15, -0.1) is 0 Å². The van der Waals surface area contributed by atoms with E-state index in [4.69, 9.17) is 10.6 Å². The minimum Gasteiger partial charge on any atom is -0.494 e. The Bertz CT molecular complexity index is 405. The van der Waals surface area contributed by atoms with Crippen molar-refractivity contribution in [2.24, 2.45) is 11.8 Å². The molecule has 1 aliphatic carbocycles. The van der Waals surface area contributed by atoms with Gasteiger partial charge in [0.05, 0.1) is 7.11 Å². The summed E-state index contributed by atoms with van der Waals surface area (Å²) >= 11 is 0. The number of rotatable bonds is 6. The summed E-state index contributed by atoms with van der Waals surface area (Å²) in [5.41, 5.74) is 3.82. The summed E-state index contributed by atoms with van der Waals surface area (Å²) in [7, 11) is 1.48. The van der Waals surface area contributed by atoms with E-state index in [0.717, 1.165) is 17.9 Å². The van der Waals surface area contributed by atoms with Crippen molar-refractivity contribution in [2.45, 2.75) is 44.6 Å². The maximum Gasteiger partial charge on any atom is 0.165 e. The number of nitrogens with one attached hydrogen (secondary N) is 1. The minimum atomic E-state index is -0.335. The molecule has 0 radical (unpaired) electrons. The number of nitrogens with two attached hydrogens (primary N) is 1. The van der Waals surface area contributed by atoms with Gasteiger partial charge in [0.1, 0.15) is 0 Å². The Kier molecular flexibility index (Phi) is 5.16. The van der Waals surface area contributed by atoms with E-state index >= 15 is 0 Å². The van der Waals surface area contributed by atoms with Crippen LogP contribution in [0.2, 0.25) is 0 Å². The molecule has 1 aromatic carbocycles. The van der Waals surface area contributed by atoms with Crippen molar-refractivity contribution in [3.05, 3.63) is 29.6 Å². The van der Waals surface area contributed by atoms with E-state index in [1.807, 2.05) is 0 Å². The molecule has 106 valence electrons. The fraction of sp³-hybridized carbons (Fsp3) is 0.600. The summed E-state index contributed by atoms with van der Waals surface area (Å²) in [4.78, 5) is 0. The summed E-state index contributed by atoms with van der Waals surface area (Å²) in [5, 5.41) is 0. The van der Waals surface area contributed by atoms with E-state index in [0.29, 0.717) is 0 Å². The first-order chi connectivity index (χ1) is 9.24. The molecule has 1 atom stereocenters. The third-order valence-electron chi connectivity index (χ3n) is 4.12. The van der Waals surface area contributed by atoms with Crippen molar-refractivity contribution < 1.29 is 9.13 Å². The number of hydrogen-bond acceptors (Lipinski definition) is 3. The number of methoxy groups -OCH3 is 1. The molecule has 0 bridgehead atoms. The first kappa shape index (κ1) is 14.3. The van der Waals surface area contributed by atoms with Crippen LogP contribution in [0.1, 0.15) is 50.1 Å². The second-order valence-electron chi connectivity index (χ2n) is 5.34. The second kappa shape index (κ2) is 6.87.